The number of aryl methyl sites for hydroxylation is 1. The third kappa shape index (κ3) is 5.34. The van der Waals surface area contributed by atoms with E-state index in [1.165, 1.54) is 18.2 Å². The Morgan fingerprint density at radius 1 is 1.29 bits per heavy atom. The molecular formula is C17H23FN4O2. The molecule has 0 aliphatic rings. The average molecular weight is 334 g/mol. The predicted octanol–water partition coefficient (Wildman–Crippen LogP) is 3.20. The lowest BCUT2D eigenvalue weighted by atomic mass is 10.1. The Morgan fingerprint density at radius 2 is 2.04 bits per heavy atom. The van der Waals surface area contributed by atoms with Crippen molar-refractivity contribution in [3.63, 3.8) is 0 Å². The molecule has 0 aliphatic carbocycles. The van der Waals surface area contributed by atoms with Gasteiger partial charge in [-0.05, 0) is 50.6 Å². The molecule has 0 spiro atoms. The van der Waals surface area contributed by atoms with Crippen LogP contribution >= 0.6 is 0 Å². The summed E-state index contributed by atoms with van der Waals surface area (Å²) in [7, 11) is 1.86. The van der Waals surface area contributed by atoms with Gasteiger partial charge in [0.1, 0.15) is 11.4 Å². The van der Waals surface area contributed by atoms with Crippen LogP contribution in [0.15, 0.2) is 30.5 Å². The minimum atomic E-state index is -0.595. The highest BCUT2D eigenvalue weighted by atomic mass is 19.1. The van der Waals surface area contributed by atoms with Crippen molar-refractivity contribution in [1.82, 2.24) is 15.1 Å². The van der Waals surface area contributed by atoms with Gasteiger partial charge < -0.3 is 10.1 Å². The topological polar surface area (TPSA) is 68.2 Å². The average Bonchev–Trinajstić information content (AvgIpc) is 2.85. The summed E-state index contributed by atoms with van der Waals surface area (Å²) in [6, 6.07) is 6.12. The van der Waals surface area contributed by atoms with Gasteiger partial charge in [0.25, 0.3) is 0 Å². The van der Waals surface area contributed by atoms with Crippen LogP contribution in [0.2, 0.25) is 0 Å². The molecule has 6 nitrogen and oxygen atoms in total. The first kappa shape index (κ1) is 17.9. The van der Waals surface area contributed by atoms with Crippen molar-refractivity contribution in [3.05, 3.63) is 47.5 Å². The Bertz CT molecular complexity index is 707. The molecule has 7 heteroatoms. The number of rotatable bonds is 5. The van der Waals surface area contributed by atoms with E-state index in [1.807, 2.05) is 13.1 Å². The van der Waals surface area contributed by atoms with Gasteiger partial charge in [0.15, 0.2) is 0 Å². The molecule has 2 rings (SSSR count). The first-order chi connectivity index (χ1) is 11.2. The predicted molar refractivity (Wildman–Crippen MR) is 90.0 cm³/mol. The molecule has 0 radical (unpaired) electrons. The molecule has 130 valence electrons. The summed E-state index contributed by atoms with van der Waals surface area (Å²) in [5, 5.41) is 9.97. The molecule has 1 aromatic heterocycles. The molecule has 0 bridgehead atoms. The molecule has 0 saturated heterocycles. The Kier molecular flexibility index (Phi) is 5.56. The van der Waals surface area contributed by atoms with E-state index in [9.17, 15) is 9.18 Å². The number of amides is 1. The number of nitrogens with one attached hydrogen (secondary N) is 2. The Labute approximate surface area is 141 Å². The Morgan fingerprint density at radius 3 is 2.67 bits per heavy atom. The molecule has 0 aliphatic heterocycles. The molecule has 1 amide bonds. The number of hydrogen-bond donors (Lipinski definition) is 2. The zero-order chi connectivity index (χ0) is 17.7. The van der Waals surface area contributed by atoms with Crippen LogP contribution in [0.3, 0.4) is 0 Å². The van der Waals surface area contributed by atoms with Crippen molar-refractivity contribution in [3.8, 4) is 0 Å². The quantitative estimate of drug-likeness (QED) is 0.881. The lowest BCUT2D eigenvalue weighted by Crippen LogP contribution is -2.27. The maximum absolute atomic E-state index is 13.5. The third-order valence-electron chi connectivity index (χ3n) is 3.25. The van der Waals surface area contributed by atoms with Crippen LogP contribution in [-0.2, 0) is 24.9 Å². The largest absolute Gasteiger partial charge is 0.444 e. The number of ether oxygens (including phenoxy) is 1. The summed E-state index contributed by atoms with van der Waals surface area (Å²) < 4.78 is 20.5. The van der Waals surface area contributed by atoms with Gasteiger partial charge in [-0.3, -0.25) is 10.00 Å². The first-order valence-corrected chi connectivity index (χ1v) is 7.70. The highest BCUT2D eigenvalue weighted by Crippen LogP contribution is 2.19. The van der Waals surface area contributed by atoms with Crippen LogP contribution in [0, 0.1) is 5.82 Å². The third-order valence-corrected chi connectivity index (χ3v) is 3.25. The van der Waals surface area contributed by atoms with Crippen molar-refractivity contribution >= 4 is 11.8 Å². The van der Waals surface area contributed by atoms with E-state index < -0.39 is 11.7 Å². The minimum Gasteiger partial charge on any atom is -0.444 e. The van der Waals surface area contributed by atoms with Gasteiger partial charge in [0, 0.05) is 32.0 Å². The zero-order valence-corrected chi connectivity index (χ0v) is 14.4. The van der Waals surface area contributed by atoms with E-state index in [-0.39, 0.29) is 5.82 Å². The number of carbonyl (C=O) groups is 1. The molecule has 0 saturated carbocycles. The summed E-state index contributed by atoms with van der Waals surface area (Å²) in [4.78, 5) is 11.9. The van der Waals surface area contributed by atoms with Gasteiger partial charge in [-0.2, -0.15) is 5.10 Å². The second kappa shape index (κ2) is 7.44. The van der Waals surface area contributed by atoms with Crippen molar-refractivity contribution in [2.24, 2.45) is 7.05 Å². The van der Waals surface area contributed by atoms with Gasteiger partial charge in [-0.1, -0.05) is 0 Å². The van der Waals surface area contributed by atoms with Crippen LogP contribution in [0.25, 0.3) is 0 Å². The fourth-order valence-electron chi connectivity index (χ4n) is 2.14. The minimum absolute atomic E-state index is 0.359. The number of carbonyl (C=O) groups excluding carboxylic acids is 1. The SMILES string of the molecule is Cn1nccc1CNCc1cc(F)ccc1NC(=O)OC(C)(C)C. The molecule has 1 heterocycles. The summed E-state index contributed by atoms with van der Waals surface area (Å²) in [5.74, 6) is -0.359. The van der Waals surface area contributed by atoms with E-state index in [4.69, 9.17) is 4.74 Å². The normalized spacial score (nSPS) is 11.4. The van der Waals surface area contributed by atoms with Crippen LogP contribution in [0.1, 0.15) is 32.0 Å². The number of nitrogens with zero attached hydrogens (tertiary/aromatic N) is 2. The van der Waals surface area contributed by atoms with Gasteiger partial charge in [-0.25, -0.2) is 9.18 Å². The number of aromatic nitrogens is 2. The molecule has 0 atom stereocenters. The molecule has 1 aromatic carbocycles. The zero-order valence-electron chi connectivity index (χ0n) is 14.4. The van der Waals surface area contributed by atoms with Crippen LogP contribution in [0.5, 0.6) is 0 Å². The van der Waals surface area contributed by atoms with E-state index in [0.717, 1.165) is 5.69 Å². The van der Waals surface area contributed by atoms with Gasteiger partial charge in [0.2, 0.25) is 0 Å². The summed E-state index contributed by atoms with van der Waals surface area (Å²) >= 11 is 0. The number of hydrogen-bond acceptors (Lipinski definition) is 4. The number of anilines is 1. The van der Waals surface area contributed by atoms with Gasteiger partial charge in [-0.15, -0.1) is 0 Å². The number of benzene rings is 1. The fourth-order valence-corrected chi connectivity index (χ4v) is 2.14. The maximum atomic E-state index is 13.5. The van der Waals surface area contributed by atoms with Gasteiger partial charge >= 0.3 is 6.09 Å². The lowest BCUT2D eigenvalue weighted by molar-refractivity contribution is 0.0635. The van der Waals surface area contributed by atoms with E-state index in [2.05, 4.69) is 15.7 Å². The van der Waals surface area contributed by atoms with E-state index >= 15 is 0 Å². The molecule has 24 heavy (non-hydrogen) atoms. The first-order valence-electron chi connectivity index (χ1n) is 7.70. The summed E-state index contributed by atoms with van der Waals surface area (Å²) in [6.07, 6.45) is 1.15. The van der Waals surface area contributed by atoms with Gasteiger partial charge in [0.05, 0.1) is 5.69 Å². The highest BCUT2D eigenvalue weighted by molar-refractivity contribution is 5.85. The van der Waals surface area contributed by atoms with Crippen LogP contribution in [0.4, 0.5) is 14.9 Å². The van der Waals surface area contributed by atoms with E-state index in [0.29, 0.717) is 24.3 Å². The van der Waals surface area contributed by atoms with E-state index in [1.54, 1.807) is 31.6 Å². The monoisotopic (exact) mass is 334 g/mol. The summed E-state index contributed by atoms with van der Waals surface area (Å²) in [6.45, 7) is 6.34. The molecule has 0 unspecified atom stereocenters. The highest BCUT2D eigenvalue weighted by Gasteiger charge is 2.17. The Hall–Kier alpha value is -2.41. The smallest absolute Gasteiger partial charge is 0.412 e. The summed E-state index contributed by atoms with van der Waals surface area (Å²) in [5.41, 5.74) is 1.57. The maximum Gasteiger partial charge on any atom is 0.412 e. The van der Waals surface area contributed by atoms with Crippen molar-refractivity contribution in [2.45, 2.75) is 39.5 Å². The second-order valence-electron chi connectivity index (χ2n) is 6.48. The van der Waals surface area contributed by atoms with Crippen LogP contribution in [-0.4, -0.2) is 21.5 Å². The van der Waals surface area contributed by atoms with Crippen molar-refractivity contribution < 1.29 is 13.9 Å². The molecule has 2 aromatic rings. The van der Waals surface area contributed by atoms with Crippen molar-refractivity contribution in [1.29, 1.82) is 0 Å². The van der Waals surface area contributed by atoms with Crippen molar-refractivity contribution in [2.75, 3.05) is 5.32 Å². The van der Waals surface area contributed by atoms with Crippen LogP contribution < -0.4 is 10.6 Å². The second-order valence-corrected chi connectivity index (χ2v) is 6.48. The lowest BCUT2D eigenvalue weighted by Gasteiger charge is -2.20. The Balaban J connectivity index is 2.01. The molecular weight excluding hydrogens is 311 g/mol. The molecule has 2 N–H and O–H groups in total. The number of halogens is 1. The molecule has 0 fully saturated rings. The standard InChI is InChI=1S/C17H23FN4O2/c1-17(2,3)24-16(23)21-15-6-5-13(18)9-12(15)10-19-11-14-7-8-20-22(14)4/h5-9,19H,10-11H2,1-4H3,(H,21,23). The fraction of sp³-hybridized carbons (Fsp3) is 0.412.